The molecule has 0 radical (unpaired) electrons. The van der Waals surface area contributed by atoms with Crippen LogP contribution in [0.4, 0.5) is 0 Å². The Balaban J connectivity index is 1.34. The molecule has 0 aromatic heterocycles. The second-order valence-corrected chi connectivity index (χ2v) is 17.7. The predicted molar refractivity (Wildman–Crippen MR) is 157 cm³/mol. The normalized spacial score (nSPS) is 39.3. The molecule has 3 saturated carbocycles. The van der Waals surface area contributed by atoms with Gasteiger partial charge in [-0.15, -0.1) is 0 Å². The van der Waals surface area contributed by atoms with Crippen LogP contribution < -0.4 is 5.09 Å². The SMILES string of the molecule is CC(C)CCC[C@@H](C)[C@H]1CC[C@H]2C3CC=C4C[C@@H](SSCCNP(=O)(O)O)CC[C@]4(C)[C@H]3CC[C@]12C. The van der Waals surface area contributed by atoms with E-state index in [1.165, 1.54) is 70.6 Å². The Kier molecular flexibility index (Phi) is 9.82. The van der Waals surface area contributed by atoms with Crippen molar-refractivity contribution in [1.82, 2.24) is 5.09 Å². The van der Waals surface area contributed by atoms with Crippen molar-refractivity contribution in [2.45, 2.75) is 110 Å². The van der Waals surface area contributed by atoms with Crippen molar-refractivity contribution in [2.75, 3.05) is 12.3 Å². The molecule has 4 aliphatic rings. The Morgan fingerprint density at radius 2 is 1.86 bits per heavy atom. The van der Waals surface area contributed by atoms with Gasteiger partial charge in [-0.3, -0.25) is 0 Å². The summed E-state index contributed by atoms with van der Waals surface area (Å²) in [6, 6.07) is 0. The van der Waals surface area contributed by atoms with Gasteiger partial charge in [0.05, 0.1) is 0 Å². The van der Waals surface area contributed by atoms with E-state index >= 15 is 0 Å². The van der Waals surface area contributed by atoms with Crippen LogP contribution in [0, 0.1) is 46.3 Å². The molecule has 0 spiro atoms. The molecule has 36 heavy (non-hydrogen) atoms. The van der Waals surface area contributed by atoms with Crippen molar-refractivity contribution < 1.29 is 14.4 Å². The molecule has 7 heteroatoms. The summed E-state index contributed by atoms with van der Waals surface area (Å²) in [4.78, 5) is 17.9. The number of fused-ring (bicyclic) bond motifs is 5. The molecule has 4 rings (SSSR count). The number of allylic oxidation sites excluding steroid dienone is 2. The smallest absolute Gasteiger partial charge is 0.313 e. The number of hydrogen-bond donors (Lipinski definition) is 3. The summed E-state index contributed by atoms with van der Waals surface area (Å²) >= 11 is 0. The summed E-state index contributed by atoms with van der Waals surface area (Å²) in [7, 11) is -0.386. The standard InChI is InChI=1S/C29H52NO3PS2/c1-20(2)7-6-8-21(3)25-11-12-26-24-10-9-22-19-23(36-35-18-17-30-34(31,32)33)13-15-28(22,4)27(24)14-16-29(25,26)5/h9,20-21,23-27H,6-8,10-19H2,1-5H3,(H3,30,31,32,33)/t21-,23+,24?,25-,26+,27+,28+,29-/m1/s1. The molecule has 1 unspecified atom stereocenters. The van der Waals surface area contributed by atoms with Crippen LogP contribution in [-0.4, -0.2) is 27.3 Å². The van der Waals surface area contributed by atoms with E-state index in [4.69, 9.17) is 9.79 Å². The van der Waals surface area contributed by atoms with Gasteiger partial charge in [0.15, 0.2) is 0 Å². The number of rotatable bonds is 11. The molecule has 3 N–H and O–H groups in total. The maximum atomic E-state index is 11.0. The first-order chi connectivity index (χ1) is 16.9. The summed E-state index contributed by atoms with van der Waals surface area (Å²) in [6.45, 7) is 13.0. The van der Waals surface area contributed by atoms with Gasteiger partial charge in [0.1, 0.15) is 0 Å². The van der Waals surface area contributed by atoms with Gasteiger partial charge in [-0.1, -0.05) is 87.1 Å². The molecule has 4 nitrogen and oxygen atoms in total. The van der Waals surface area contributed by atoms with Crippen molar-refractivity contribution >= 4 is 29.3 Å². The molecule has 3 fully saturated rings. The van der Waals surface area contributed by atoms with Gasteiger partial charge in [0.25, 0.3) is 0 Å². The first kappa shape index (κ1) is 29.5. The zero-order valence-electron chi connectivity index (χ0n) is 23.4. The molecule has 0 aromatic carbocycles. The molecule has 8 atom stereocenters. The maximum Gasteiger partial charge on any atom is 0.400 e. The van der Waals surface area contributed by atoms with Gasteiger partial charge < -0.3 is 9.79 Å². The highest BCUT2D eigenvalue weighted by atomic mass is 33.1. The largest absolute Gasteiger partial charge is 0.400 e. The highest BCUT2D eigenvalue weighted by Gasteiger charge is 2.59. The molecule has 0 saturated heterocycles. The Morgan fingerprint density at radius 1 is 1.08 bits per heavy atom. The fourth-order valence-electron chi connectivity index (χ4n) is 9.11. The highest BCUT2D eigenvalue weighted by Crippen LogP contribution is 2.67. The third-order valence-corrected chi connectivity index (χ3v) is 14.5. The number of nitrogens with one attached hydrogen (secondary N) is 1. The average molecular weight is 558 g/mol. The van der Waals surface area contributed by atoms with Gasteiger partial charge in [-0.25, -0.2) is 9.65 Å². The molecule has 0 aromatic rings. The van der Waals surface area contributed by atoms with Crippen molar-refractivity contribution in [1.29, 1.82) is 0 Å². The summed E-state index contributed by atoms with van der Waals surface area (Å²) in [5.41, 5.74) is 2.70. The van der Waals surface area contributed by atoms with Crippen molar-refractivity contribution in [3.8, 4) is 0 Å². The fraction of sp³-hybridized carbons (Fsp3) is 0.931. The average Bonchev–Trinajstić information content (AvgIpc) is 3.15. The quantitative estimate of drug-likeness (QED) is 0.102. The number of hydrogen-bond acceptors (Lipinski definition) is 3. The van der Waals surface area contributed by atoms with Crippen LogP contribution in [0.3, 0.4) is 0 Å². The minimum atomic E-state index is -4.09. The summed E-state index contributed by atoms with van der Waals surface area (Å²) in [6.07, 6.45) is 17.8. The Labute approximate surface area is 229 Å². The van der Waals surface area contributed by atoms with Crippen LogP contribution in [-0.2, 0) is 4.57 Å². The van der Waals surface area contributed by atoms with E-state index in [0.717, 1.165) is 41.3 Å². The molecular formula is C29H52NO3PS2. The first-order valence-electron chi connectivity index (χ1n) is 14.7. The molecule has 0 aliphatic heterocycles. The molecule has 4 aliphatic carbocycles. The van der Waals surface area contributed by atoms with Crippen LogP contribution >= 0.6 is 29.3 Å². The van der Waals surface area contributed by atoms with E-state index in [9.17, 15) is 4.57 Å². The van der Waals surface area contributed by atoms with Crippen LogP contribution in [0.25, 0.3) is 0 Å². The predicted octanol–water partition coefficient (Wildman–Crippen LogP) is 8.46. The van der Waals surface area contributed by atoms with E-state index in [1.54, 1.807) is 16.4 Å². The van der Waals surface area contributed by atoms with Gasteiger partial charge >= 0.3 is 7.75 Å². The van der Waals surface area contributed by atoms with Crippen molar-refractivity contribution in [2.24, 2.45) is 46.3 Å². The molecule has 0 heterocycles. The zero-order valence-corrected chi connectivity index (χ0v) is 25.9. The van der Waals surface area contributed by atoms with E-state index in [1.807, 2.05) is 10.8 Å². The topological polar surface area (TPSA) is 69.6 Å². The van der Waals surface area contributed by atoms with E-state index in [0.29, 0.717) is 22.6 Å². The maximum absolute atomic E-state index is 11.0. The molecular weight excluding hydrogens is 505 g/mol. The third-order valence-electron chi connectivity index (χ3n) is 11.0. The van der Waals surface area contributed by atoms with Crippen LogP contribution in [0.2, 0.25) is 0 Å². The molecule has 0 bridgehead atoms. The first-order valence-corrected chi connectivity index (χ1v) is 18.7. The summed E-state index contributed by atoms with van der Waals surface area (Å²) in [5.74, 6) is 6.05. The van der Waals surface area contributed by atoms with Crippen LogP contribution in [0.5, 0.6) is 0 Å². The third kappa shape index (κ3) is 6.47. The van der Waals surface area contributed by atoms with E-state index in [2.05, 4.69) is 45.8 Å². The lowest BCUT2D eigenvalue weighted by atomic mass is 9.47. The van der Waals surface area contributed by atoms with Gasteiger partial charge in [0, 0.05) is 17.5 Å². The highest BCUT2D eigenvalue weighted by molar-refractivity contribution is 8.76. The summed E-state index contributed by atoms with van der Waals surface area (Å²) < 4.78 is 11.0. The van der Waals surface area contributed by atoms with Gasteiger partial charge in [-0.2, -0.15) is 0 Å². The van der Waals surface area contributed by atoms with Crippen molar-refractivity contribution in [3.63, 3.8) is 0 Å². The Bertz CT molecular complexity index is 831. The van der Waals surface area contributed by atoms with Gasteiger partial charge in [-0.05, 0) is 97.7 Å². The minimum absolute atomic E-state index is 0.357. The van der Waals surface area contributed by atoms with Crippen molar-refractivity contribution in [3.05, 3.63) is 11.6 Å². The second kappa shape index (κ2) is 12.0. The second-order valence-electron chi connectivity index (χ2n) is 13.5. The lowest BCUT2D eigenvalue weighted by Crippen LogP contribution is -2.50. The lowest BCUT2D eigenvalue weighted by Gasteiger charge is -2.58. The van der Waals surface area contributed by atoms with E-state index < -0.39 is 7.75 Å². The zero-order chi connectivity index (χ0) is 26.1. The lowest BCUT2D eigenvalue weighted by molar-refractivity contribution is -0.0497. The van der Waals surface area contributed by atoms with E-state index in [-0.39, 0.29) is 0 Å². The van der Waals surface area contributed by atoms with Crippen LogP contribution in [0.15, 0.2) is 11.6 Å². The molecule has 208 valence electrons. The fourth-order valence-corrected chi connectivity index (χ4v) is 12.2. The molecule has 0 amide bonds. The Hall–Kier alpha value is 0.550. The minimum Gasteiger partial charge on any atom is -0.313 e. The summed E-state index contributed by atoms with van der Waals surface area (Å²) in [5, 5.41) is 2.95. The Morgan fingerprint density at radius 3 is 2.58 bits per heavy atom. The monoisotopic (exact) mass is 557 g/mol. The van der Waals surface area contributed by atoms with Gasteiger partial charge in [0.2, 0.25) is 0 Å². The van der Waals surface area contributed by atoms with Crippen LogP contribution in [0.1, 0.15) is 105 Å².